The summed E-state index contributed by atoms with van der Waals surface area (Å²) >= 11 is 1.56. The van der Waals surface area contributed by atoms with Crippen molar-refractivity contribution in [2.24, 2.45) is 0 Å². The second-order valence-corrected chi connectivity index (χ2v) is 7.05. The number of nitrogens with two attached hydrogens (primary N) is 1. The lowest BCUT2D eigenvalue weighted by molar-refractivity contribution is 0.580. The predicted molar refractivity (Wildman–Crippen MR) is 73.7 cm³/mol. The van der Waals surface area contributed by atoms with Gasteiger partial charge >= 0.3 is 0 Å². The van der Waals surface area contributed by atoms with Gasteiger partial charge in [-0.2, -0.15) is 11.8 Å². The molecule has 0 aliphatic heterocycles. The highest BCUT2D eigenvalue weighted by Gasteiger charge is 2.19. The Morgan fingerprint density at radius 1 is 1.50 bits per heavy atom. The SMILES string of the molecule is CSC(C)CNS(=O)(=O)c1cc(N)c(F)cc1C. The molecule has 0 heterocycles. The van der Waals surface area contributed by atoms with Crippen molar-refractivity contribution in [3.8, 4) is 0 Å². The van der Waals surface area contributed by atoms with Gasteiger partial charge in [0.1, 0.15) is 5.82 Å². The van der Waals surface area contributed by atoms with E-state index in [9.17, 15) is 12.8 Å². The van der Waals surface area contributed by atoms with Gasteiger partial charge in [-0.25, -0.2) is 17.5 Å². The van der Waals surface area contributed by atoms with Gasteiger partial charge in [-0.1, -0.05) is 6.92 Å². The van der Waals surface area contributed by atoms with Gasteiger partial charge in [0.25, 0.3) is 0 Å². The number of nitrogens with one attached hydrogen (secondary N) is 1. The first kappa shape index (κ1) is 15.3. The number of thioether (sulfide) groups is 1. The van der Waals surface area contributed by atoms with Crippen LogP contribution in [-0.4, -0.2) is 26.5 Å². The molecule has 0 fully saturated rings. The number of sulfonamides is 1. The third-order valence-electron chi connectivity index (χ3n) is 2.55. The number of nitrogen functional groups attached to an aromatic ring is 1. The highest BCUT2D eigenvalue weighted by Crippen LogP contribution is 2.21. The van der Waals surface area contributed by atoms with Crippen LogP contribution in [0.5, 0.6) is 0 Å². The van der Waals surface area contributed by atoms with E-state index in [-0.39, 0.29) is 15.8 Å². The first-order chi connectivity index (χ1) is 8.27. The third-order valence-corrected chi connectivity index (χ3v) is 5.08. The Morgan fingerprint density at radius 2 is 2.11 bits per heavy atom. The van der Waals surface area contributed by atoms with E-state index in [0.717, 1.165) is 12.1 Å². The fourth-order valence-corrected chi connectivity index (χ4v) is 3.09. The molecule has 102 valence electrons. The Kier molecular flexibility index (Phi) is 5.01. The molecular formula is C11H17FN2O2S2. The Morgan fingerprint density at radius 3 is 2.67 bits per heavy atom. The van der Waals surface area contributed by atoms with E-state index in [1.165, 1.54) is 6.92 Å². The number of halogens is 1. The van der Waals surface area contributed by atoms with Crippen LogP contribution >= 0.6 is 11.8 Å². The van der Waals surface area contributed by atoms with Gasteiger partial charge in [0.15, 0.2) is 0 Å². The minimum Gasteiger partial charge on any atom is -0.396 e. The Balaban J connectivity index is 3.02. The van der Waals surface area contributed by atoms with Gasteiger partial charge in [0.2, 0.25) is 10.0 Å². The van der Waals surface area contributed by atoms with Crippen LogP contribution in [0.25, 0.3) is 0 Å². The summed E-state index contributed by atoms with van der Waals surface area (Å²) in [7, 11) is -3.65. The lowest BCUT2D eigenvalue weighted by Gasteiger charge is -2.13. The molecule has 1 atom stereocenters. The number of hydrogen-bond acceptors (Lipinski definition) is 4. The zero-order chi connectivity index (χ0) is 13.9. The summed E-state index contributed by atoms with van der Waals surface area (Å²) in [4.78, 5) is 0.0229. The maximum atomic E-state index is 13.2. The van der Waals surface area contributed by atoms with Crippen molar-refractivity contribution in [2.45, 2.75) is 24.0 Å². The molecule has 0 aliphatic carbocycles. The summed E-state index contributed by atoms with van der Waals surface area (Å²) < 4.78 is 39.7. The fourth-order valence-electron chi connectivity index (χ4n) is 1.35. The number of hydrogen-bond donors (Lipinski definition) is 2. The Hall–Kier alpha value is -0.790. The average Bonchev–Trinajstić information content (AvgIpc) is 2.30. The third kappa shape index (κ3) is 3.60. The van der Waals surface area contributed by atoms with Crippen LogP contribution < -0.4 is 10.5 Å². The van der Waals surface area contributed by atoms with Crippen molar-refractivity contribution in [2.75, 3.05) is 18.5 Å². The molecule has 1 aromatic rings. The summed E-state index contributed by atoms with van der Waals surface area (Å²) in [5.41, 5.74) is 5.57. The maximum Gasteiger partial charge on any atom is 0.240 e. The molecule has 0 radical (unpaired) electrons. The Labute approximate surface area is 111 Å². The standard InChI is InChI=1S/C11H17FN2O2S2/c1-7-4-9(12)10(13)5-11(7)18(15,16)14-6-8(2)17-3/h4-5,8,14H,6,13H2,1-3H3. The summed E-state index contributed by atoms with van der Waals surface area (Å²) in [5.74, 6) is -0.607. The van der Waals surface area contributed by atoms with E-state index >= 15 is 0 Å². The molecule has 3 N–H and O–H groups in total. The first-order valence-electron chi connectivity index (χ1n) is 5.36. The van der Waals surface area contributed by atoms with E-state index in [1.54, 1.807) is 11.8 Å². The first-order valence-corrected chi connectivity index (χ1v) is 8.13. The summed E-state index contributed by atoms with van der Waals surface area (Å²) in [5, 5.41) is 0.165. The molecule has 7 heteroatoms. The van der Waals surface area contributed by atoms with Crippen LogP contribution in [0.4, 0.5) is 10.1 Å². The minimum absolute atomic E-state index is 0.0229. The molecule has 0 bridgehead atoms. The van der Waals surface area contributed by atoms with Gasteiger partial charge in [-0.05, 0) is 30.9 Å². The monoisotopic (exact) mass is 292 g/mol. The maximum absolute atomic E-state index is 13.2. The van der Waals surface area contributed by atoms with E-state index in [2.05, 4.69) is 4.72 Å². The second-order valence-electron chi connectivity index (χ2n) is 4.04. The molecule has 18 heavy (non-hydrogen) atoms. The normalized spacial score (nSPS) is 13.6. The van der Waals surface area contributed by atoms with Gasteiger partial charge < -0.3 is 5.73 Å². The number of benzene rings is 1. The second kappa shape index (κ2) is 5.90. The van der Waals surface area contributed by atoms with Crippen LogP contribution in [0.3, 0.4) is 0 Å². The largest absolute Gasteiger partial charge is 0.396 e. The van der Waals surface area contributed by atoms with Crippen LogP contribution in [0.2, 0.25) is 0 Å². The molecule has 4 nitrogen and oxygen atoms in total. The topological polar surface area (TPSA) is 72.2 Å². The molecule has 0 aromatic heterocycles. The van der Waals surface area contributed by atoms with Crippen LogP contribution in [0.15, 0.2) is 17.0 Å². The smallest absolute Gasteiger partial charge is 0.240 e. The highest BCUT2D eigenvalue weighted by molar-refractivity contribution is 7.99. The molecule has 0 saturated carbocycles. The lowest BCUT2D eigenvalue weighted by Crippen LogP contribution is -2.30. The lowest BCUT2D eigenvalue weighted by atomic mass is 10.2. The summed E-state index contributed by atoms with van der Waals surface area (Å²) in [6, 6.07) is 2.28. The molecule has 1 rings (SSSR count). The summed E-state index contributed by atoms with van der Waals surface area (Å²) in [6.07, 6.45) is 1.90. The molecular weight excluding hydrogens is 275 g/mol. The number of anilines is 1. The van der Waals surface area contributed by atoms with Crippen LogP contribution in [0.1, 0.15) is 12.5 Å². The van der Waals surface area contributed by atoms with Gasteiger partial charge in [0.05, 0.1) is 10.6 Å². The Bertz CT molecular complexity index is 532. The summed E-state index contributed by atoms with van der Waals surface area (Å²) in [6.45, 7) is 3.77. The van der Waals surface area contributed by atoms with Crippen molar-refractivity contribution in [1.29, 1.82) is 0 Å². The quantitative estimate of drug-likeness (QED) is 0.811. The van der Waals surface area contributed by atoms with Crippen molar-refractivity contribution in [1.82, 2.24) is 4.72 Å². The number of aryl methyl sites for hydroxylation is 1. The van der Waals surface area contributed by atoms with E-state index in [0.29, 0.717) is 12.1 Å². The highest BCUT2D eigenvalue weighted by atomic mass is 32.2. The van der Waals surface area contributed by atoms with Crippen molar-refractivity contribution >= 4 is 27.5 Å². The molecule has 0 aliphatic rings. The molecule has 0 saturated heterocycles. The van der Waals surface area contributed by atoms with E-state index in [1.807, 2.05) is 13.2 Å². The van der Waals surface area contributed by atoms with Gasteiger partial charge in [-0.3, -0.25) is 0 Å². The van der Waals surface area contributed by atoms with Crippen LogP contribution in [-0.2, 0) is 10.0 Å². The van der Waals surface area contributed by atoms with Crippen LogP contribution in [0, 0.1) is 12.7 Å². The molecule has 0 spiro atoms. The zero-order valence-electron chi connectivity index (χ0n) is 10.5. The number of rotatable bonds is 5. The van der Waals surface area contributed by atoms with E-state index in [4.69, 9.17) is 5.73 Å². The van der Waals surface area contributed by atoms with Crippen molar-refractivity contribution in [3.63, 3.8) is 0 Å². The minimum atomic E-state index is -3.65. The van der Waals surface area contributed by atoms with Gasteiger partial charge in [-0.15, -0.1) is 0 Å². The fraction of sp³-hybridized carbons (Fsp3) is 0.455. The van der Waals surface area contributed by atoms with Crippen molar-refractivity contribution < 1.29 is 12.8 Å². The van der Waals surface area contributed by atoms with Gasteiger partial charge in [0, 0.05) is 11.8 Å². The molecule has 1 aromatic carbocycles. The van der Waals surface area contributed by atoms with Crippen molar-refractivity contribution in [3.05, 3.63) is 23.5 Å². The molecule has 0 amide bonds. The predicted octanol–water partition coefficient (Wildman–Crippen LogP) is 1.75. The average molecular weight is 292 g/mol. The van der Waals surface area contributed by atoms with E-state index < -0.39 is 15.8 Å². The molecule has 1 unspecified atom stereocenters. The zero-order valence-corrected chi connectivity index (χ0v) is 12.2.